The van der Waals surface area contributed by atoms with Gasteiger partial charge in [0.1, 0.15) is 0 Å². The summed E-state index contributed by atoms with van der Waals surface area (Å²) in [5, 5.41) is 3.34. The minimum absolute atomic E-state index is 0.0491. The number of piperidine rings is 1. The largest absolute Gasteiger partial charge is 0.342 e. The average Bonchev–Trinajstić information content (AvgIpc) is 2.27. The molecule has 1 fully saturated rings. The zero-order valence-electron chi connectivity index (χ0n) is 11.1. The van der Waals surface area contributed by atoms with Crippen molar-refractivity contribution in [2.75, 3.05) is 13.6 Å². The van der Waals surface area contributed by atoms with E-state index >= 15 is 0 Å². The van der Waals surface area contributed by atoms with Gasteiger partial charge in [0, 0.05) is 13.1 Å². The summed E-state index contributed by atoms with van der Waals surface area (Å²) in [6.45, 7) is 7.51. The fourth-order valence-corrected chi connectivity index (χ4v) is 2.37. The summed E-state index contributed by atoms with van der Waals surface area (Å²) in [5.74, 6) is 0.942. The van der Waals surface area contributed by atoms with Crippen molar-refractivity contribution in [3.63, 3.8) is 0 Å². The number of nitrogens with one attached hydrogen (secondary N) is 1. The molecule has 16 heavy (non-hydrogen) atoms. The van der Waals surface area contributed by atoms with E-state index in [2.05, 4.69) is 26.1 Å². The predicted molar refractivity (Wildman–Crippen MR) is 67.3 cm³/mol. The van der Waals surface area contributed by atoms with E-state index < -0.39 is 0 Å². The second-order valence-corrected chi connectivity index (χ2v) is 5.22. The lowest BCUT2D eigenvalue weighted by Gasteiger charge is -2.33. The van der Waals surface area contributed by atoms with Crippen LogP contribution < -0.4 is 5.32 Å². The summed E-state index contributed by atoms with van der Waals surface area (Å²) in [5.41, 5.74) is 0. The van der Waals surface area contributed by atoms with Gasteiger partial charge in [-0.3, -0.25) is 4.79 Å². The molecule has 3 heteroatoms. The molecule has 0 radical (unpaired) electrons. The van der Waals surface area contributed by atoms with E-state index in [0.717, 1.165) is 25.8 Å². The number of nitrogens with zero attached hydrogens (tertiary/aromatic N) is 1. The van der Waals surface area contributed by atoms with Gasteiger partial charge in [-0.1, -0.05) is 20.3 Å². The van der Waals surface area contributed by atoms with Crippen molar-refractivity contribution < 1.29 is 4.79 Å². The Morgan fingerprint density at radius 1 is 1.56 bits per heavy atom. The third-order valence-corrected chi connectivity index (χ3v) is 3.68. The Labute approximate surface area is 99.6 Å². The fraction of sp³-hybridized carbons (Fsp3) is 0.923. The van der Waals surface area contributed by atoms with Gasteiger partial charge < -0.3 is 10.2 Å². The van der Waals surface area contributed by atoms with E-state index in [1.165, 1.54) is 6.42 Å². The number of hydrogen-bond donors (Lipinski definition) is 1. The molecule has 0 saturated carbocycles. The number of carbonyl (C=O) groups is 1. The van der Waals surface area contributed by atoms with Crippen LogP contribution in [0.2, 0.25) is 0 Å². The van der Waals surface area contributed by atoms with Gasteiger partial charge in [0.05, 0.1) is 6.04 Å². The Morgan fingerprint density at radius 2 is 2.25 bits per heavy atom. The highest BCUT2D eigenvalue weighted by molar-refractivity contribution is 5.82. The van der Waals surface area contributed by atoms with Gasteiger partial charge >= 0.3 is 0 Å². The zero-order chi connectivity index (χ0) is 12.1. The van der Waals surface area contributed by atoms with Crippen molar-refractivity contribution in [1.82, 2.24) is 10.2 Å². The van der Waals surface area contributed by atoms with Crippen molar-refractivity contribution in [2.45, 2.75) is 58.5 Å². The maximum absolute atomic E-state index is 12.2. The van der Waals surface area contributed by atoms with E-state index in [0.29, 0.717) is 12.0 Å². The van der Waals surface area contributed by atoms with Crippen molar-refractivity contribution in [2.24, 2.45) is 5.92 Å². The highest BCUT2D eigenvalue weighted by atomic mass is 16.2. The van der Waals surface area contributed by atoms with E-state index in [9.17, 15) is 4.79 Å². The smallest absolute Gasteiger partial charge is 0.239 e. The van der Waals surface area contributed by atoms with Crippen LogP contribution in [-0.2, 0) is 4.79 Å². The zero-order valence-corrected chi connectivity index (χ0v) is 11.1. The van der Waals surface area contributed by atoms with Gasteiger partial charge in [-0.25, -0.2) is 0 Å². The SMILES string of the molecule is CCCC(C)N(C)C(=O)C1CC(C)CCN1. The predicted octanol–water partition coefficient (Wildman–Crippen LogP) is 2.02. The van der Waals surface area contributed by atoms with Gasteiger partial charge in [0.25, 0.3) is 0 Å². The summed E-state index contributed by atoms with van der Waals surface area (Å²) in [7, 11) is 1.93. The Bertz CT molecular complexity index is 230. The average molecular weight is 226 g/mol. The molecule has 0 aromatic carbocycles. The number of carbonyl (C=O) groups excluding carboxylic acids is 1. The molecule has 1 amide bonds. The lowest BCUT2D eigenvalue weighted by molar-refractivity contribution is -0.135. The van der Waals surface area contributed by atoms with Crippen molar-refractivity contribution >= 4 is 5.91 Å². The van der Waals surface area contributed by atoms with Crippen LogP contribution in [0.25, 0.3) is 0 Å². The maximum Gasteiger partial charge on any atom is 0.239 e. The molecule has 3 unspecified atom stereocenters. The van der Waals surface area contributed by atoms with Crippen LogP contribution >= 0.6 is 0 Å². The Kier molecular flexibility index (Phi) is 5.26. The molecule has 0 aliphatic carbocycles. The van der Waals surface area contributed by atoms with E-state index in [-0.39, 0.29) is 11.9 Å². The van der Waals surface area contributed by atoms with Crippen molar-refractivity contribution in [1.29, 1.82) is 0 Å². The third-order valence-electron chi connectivity index (χ3n) is 3.68. The molecule has 3 nitrogen and oxygen atoms in total. The first-order valence-electron chi connectivity index (χ1n) is 6.56. The van der Waals surface area contributed by atoms with Crippen LogP contribution in [0.4, 0.5) is 0 Å². The Hall–Kier alpha value is -0.570. The number of amides is 1. The van der Waals surface area contributed by atoms with Crippen LogP contribution in [0.15, 0.2) is 0 Å². The molecule has 0 aromatic rings. The molecule has 1 aliphatic heterocycles. The highest BCUT2D eigenvalue weighted by Gasteiger charge is 2.28. The molecule has 0 spiro atoms. The van der Waals surface area contributed by atoms with Crippen molar-refractivity contribution in [3.8, 4) is 0 Å². The first-order valence-corrected chi connectivity index (χ1v) is 6.56. The second-order valence-electron chi connectivity index (χ2n) is 5.22. The normalized spacial score (nSPS) is 27.5. The van der Waals surface area contributed by atoms with Crippen LogP contribution in [0, 0.1) is 5.92 Å². The lowest BCUT2D eigenvalue weighted by atomic mass is 9.93. The fourth-order valence-electron chi connectivity index (χ4n) is 2.37. The van der Waals surface area contributed by atoms with E-state index in [1.807, 2.05) is 11.9 Å². The van der Waals surface area contributed by atoms with E-state index in [1.54, 1.807) is 0 Å². The maximum atomic E-state index is 12.2. The van der Waals surface area contributed by atoms with Gasteiger partial charge in [-0.2, -0.15) is 0 Å². The van der Waals surface area contributed by atoms with Crippen LogP contribution in [0.3, 0.4) is 0 Å². The molecule has 94 valence electrons. The van der Waals surface area contributed by atoms with Crippen molar-refractivity contribution in [3.05, 3.63) is 0 Å². The molecule has 0 bridgehead atoms. The minimum atomic E-state index is 0.0491. The first kappa shape index (κ1) is 13.5. The summed E-state index contributed by atoms with van der Waals surface area (Å²) in [6, 6.07) is 0.407. The summed E-state index contributed by atoms with van der Waals surface area (Å²) in [4.78, 5) is 14.1. The topological polar surface area (TPSA) is 32.3 Å². The summed E-state index contributed by atoms with van der Waals surface area (Å²) < 4.78 is 0. The molecule has 0 aromatic heterocycles. The lowest BCUT2D eigenvalue weighted by Crippen LogP contribution is -2.51. The Morgan fingerprint density at radius 3 is 2.81 bits per heavy atom. The minimum Gasteiger partial charge on any atom is -0.342 e. The van der Waals surface area contributed by atoms with Gasteiger partial charge in [-0.05, 0) is 38.6 Å². The first-order chi connectivity index (χ1) is 7.56. The quantitative estimate of drug-likeness (QED) is 0.795. The highest BCUT2D eigenvalue weighted by Crippen LogP contribution is 2.17. The molecule has 1 aliphatic rings. The molecule has 3 atom stereocenters. The molecule has 1 rings (SSSR count). The third kappa shape index (κ3) is 3.48. The monoisotopic (exact) mass is 226 g/mol. The molecule has 1 saturated heterocycles. The number of rotatable bonds is 4. The summed E-state index contributed by atoms with van der Waals surface area (Å²) >= 11 is 0. The Balaban J connectivity index is 2.48. The molecule has 1 N–H and O–H groups in total. The second kappa shape index (κ2) is 6.24. The van der Waals surface area contributed by atoms with E-state index in [4.69, 9.17) is 0 Å². The number of likely N-dealkylation sites (N-methyl/N-ethyl adjacent to an activating group) is 1. The molecular formula is C13H26N2O. The van der Waals surface area contributed by atoms with Gasteiger partial charge in [0.2, 0.25) is 5.91 Å². The van der Waals surface area contributed by atoms with Gasteiger partial charge in [0.15, 0.2) is 0 Å². The standard InChI is InChI=1S/C13H26N2O/c1-5-6-11(3)15(4)13(16)12-9-10(2)7-8-14-12/h10-12,14H,5-9H2,1-4H3. The van der Waals surface area contributed by atoms with Crippen LogP contribution in [0.1, 0.15) is 46.5 Å². The molecule has 1 heterocycles. The molecular weight excluding hydrogens is 200 g/mol. The van der Waals surface area contributed by atoms with Crippen LogP contribution in [0.5, 0.6) is 0 Å². The van der Waals surface area contributed by atoms with Gasteiger partial charge in [-0.15, -0.1) is 0 Å². The number of hydrogen-bond acceptors (Lipinski definition) is 2. The summed E-state index contributed by atoms with van der Waals surface area (Å²) in [6.07, 6.45) is 4.40. The van der Waals surface area contributed by atoms with Crippen LogP contribution in [-0.4, -0.2) is 36.5 Å².